The Morgan fingerprint density at radius 3 is 2.75 bits per heavy atom. The van der Waals surface area contributed by atoms with Crippen LogP contribution in [0, 0.1) is 13.8 Å². The van der Waals surface area contributed by atoms with Crippen molar-refractivity contribution in [1.29, 1.82) is 0 Å². The maximum atomic E-state index is 12.7. The molecule has 0 fully saturated rings. The Hall–Kier alpha value is -3.49. The number of esters is 1. The van der Waals surface area contributed by atoms with Gasteiger partial charge in [0.25, 0.3) is 5.56 Å². The lowest BCUT2D eigenvalue weighted by atomic mass is 10.1. The summed E-state index contributed by atoms with van der Waals surface area (Å²) in [4.78, 5) is 40.3. The van der Waals surface area contributed by atoms with Crippen molar-refractivity contribution in [3.8, 4) is 5.69 Å². The number of amides is 1. The van der Waals surface area contributed by atoms with Crippen LogP contribution in [0.1, 0.15) is 18.1 Å². The fourth-order valence-electron chi connectivity index (χ4n) is 2.87. The van der Waals surface area contributed by atoms with Crippen molar-refractivity contribution in [1.82, 2.24) is 24.6 Å². The first-order chi connectivity index (χ1) is 13.4. The van der Waals surface area contributed by atoms with Crippen LogP contribution in [0.15, 0.2) is 35.5 Å². The van der Waals surface area contributed by atoms with Gasteiger partial charge in [-0.2, -0.15) is 5.10 Å². The molecule has 2 aromatic heterocycles. The first kappa shape index (κ1) is 19.3. The second-order valence-corrected chi connectivity index (χ2v) is 6.34. The van der Waals surface area contributed by atoms with E-state index in [0.717, 1.165) is 16.8 Å². The van der Waals surface area contributed by atoms with Crippen LogP contribution in [0.2, 0.25) is 0 Å². The van der Waals surface area contributed by atoms with Gasteiger partial charge in [0.2, 0.25) is 5.91 Å². The number of aryl methyl sites for hydroxylation is 2. The van der Waals surface area contributed by atoms with Gasteiger partial charge in [-0.3, -0.25) is 19.0 Å². The summed E-state index contributed by atoms with van der Waals surface area (Å²) in [5.41, 5.74) is 3.00. The van der Waals surface area contributed by atoms with E-state index in [1.54, 1.807) is 11.6 Å². The van der Waals surface area contributed by atoms with Crippen molar-refractivity contribution in [2.75, 3.05) is 13.2 Å². The zero-order valence-corrected chi connectivity index (χ0v) is 15.9. The third-order valence-corrected chi connectivity index (χ3v) is 4.18. The highest BCUT2D eigenvalue weighted by Crippen LogP contribution is 2.18. The monoisotopic (exact) mass is 383 g/mol. The average Bonchev–Trinajstić information content (AvgIpc) is 3.07. The quantitative estimate of drug-likeness (QED) is 0.633. The number of nitrogens with one attached hydrogen (secondary N) is 1. The summed E-state index contributed by atoms with van der Waals surface area (Å²) in [7, 11) is 0. The van der Waals surface area contributed by atoms with Crippen molar-refractivity contribution in [3.63, 3.8) is 0 Å². The van der Waals surface area contributed by atoms with Crippen molar-refractivity contribution >= 4 is 22.9 Å². The van der Waals surface area contributed by atoms with Gasteiger partial charge in [-0.25, -0.2) is 9.67 Å². The predicted molar refractivity (Wildman–Crippen MR) is 102 cm³/mol. The fraction of sp³-hybridized carbons (Fsp3) is 0.316. The van der Waals surface area contributed by atoms with E-state index in [-0.39, 0.29) is 25.3 Å². The molecule has 9 nitrogen and oxygen atoms in total. The van der Waals surface area contributed by atoms with Crippen molar-refractivity contribution < 1.29 is 14.3 Å². The second kappa shape index (κ2) is 8.03. The molecule has 0 saturated heterocycles. The van der Waals surface area contributed by atoms with Gasteiger partial charge in [0, 0.05) is 0 Å². The molecular weight excluding hydrogens is 362 g/mol. The second-order valence-electron chi connectivity index (χ2n) is 6.34. The normalized spacial score (nSPS) is 10.8. The largest absolute Gasteiger partial charge is 0.465 e. The zero-order chi connectivity index (χ0) is 20.3. The molecule has 3 rings (SSSR count). The fourth-order valence-corrected chi connectivity index (χ4v) is 2.87. The van der Waals surface area contributed by atoms with Gasteiger partial charge >= 0.3 is 5.97 Å². The molecule has 0 spiro atoms. The first-order valence-electron chi connectivity index (χ1n) is 8.83. The van der Waals surface area contributed by atoms with Crippen LogP contribution >= 0.6 is 0 Å². The summed E-state index contributed by atoms with van der Waals surface area (Å²) >= 11 is 0. The molecule has 2 heterocycles. The Balaban J connectivity index is 1.84. The van der Waals surface area contributed by atoms with Gasteiger partial charge in [-0.05, 0) is 32.4 Å². The van der Waals surface area contributed by atoms with Crippen molar-refractivity contribution in [3.05, 3.63) is 52.2 Å². The molecule has 0 radical (unpaired) electrons. The summed E-state index contributed by atoms with van der Waals surface area (Å²) in [6.45, 7) is 5.38. The highest BCUT2D eigenvalue weighted by atomic mass is 16.5. The number of aromatic nitrogens is 4. The molecule has 0 aliphatic carbocycles. The third-order valence-electron chi connectivity index (χ3n) is 4.18. The van der Waals surface area contributed by atoms with Crippen LogP contribution in [0.25, 0.3) is 16.7 Å². The highest BCUT2D eigenvalue weighted by Gasteiger charge is 2.14. The van der Waals surface area contributed by atoms with Crippen LogP contribution in [0.4, 0.5) is 0 Å². The SMILES string of the molecule is CCOC(=O)CNC(=O)Cn1cnc2c(cnn2-c2ccc(C)cc2C)c1=O. The lowest BCUT2D eigenvalue weighted by Gasteiger charge is -2.09. The summed E-state index contributed by atoms with van der Waals surface area (Å²) in [5, 5.41) is 7.02. The number of hydrogen-bond acceptors (Lipinski definition) is 6. The summed E-state index contributed by atoms with van der Waals surface area (Å²) in [5.74, 6) is -1.02. The van der Waals surface area contributed by atoms with Gasteiger partial charge < -0.3 is 10.1 Å². The average molecular weight is 383 g/mol. The van der Waals surface area contributed by atoms with E-state index >= 15 is 0 Å². The van der Waals surface area contributed by atoms with E-state index in [0.29, 0.717) is 11.0 Å². The standard InChI is InChI=1S/C19H21N5O4/c1-4-28-17(26)9-20-16(25)10-23-11-21-18-14(19(23)27)8-22-24(18)15-6-5-12(2)7-13(15)3/h5-8,11H,4,9-10H2,1-3H3,(H,20,25). The molecule has 3 aromatic rings. The number of nitrogens with zero attached hydrogens (tertiary/aromatic N) is 4. The van der Waals surface area contributed by atoms with Crippen LogP contribution in [-0.4, -0.2) is 44.4 Å². The first-order valence-corrected chi connectivity index (χ1v) is 8.83. The van der Waals surface area contributed by atoms with Crippen molar-refractivity contribution in [2.45, 2.75) is 27.3 Å². The van der Waals surface area contributed by atoms with Crippen LogP contribution in [0.5, 0.6) is 0 Å². The molecule has 0 unspecified atom stereocenters. The third kappa shape index (κ3) is 3.93. The minimum atomic E-state index is -0.536. The maximum absolute atomic E-state index is 12.7. The van der Waals surface area contributed by atoms with Crippen molar-refractivity contribution in [2.24, 2.45) is 0 Å². The van der Waals surface area contributed by atoms with Gasteiger partial charge in [0.15, 0.2) is 5.65 Å². The van der Waals surface area contributed by atoms with E-state index < -0.39 is 11.9 Å². The Labute approximate surface area is 160 Å². The molecule has 146 valence electrons. The topological polar surface area (TPSA) is 108 Å². The number of hydrogen-bond donors (Lipinski definition) is 1. The summed E-state index contributed by atoms with van der Waals surface area (Å²) in [6.07, 6.45) is 2.74. The van der Waals surface area contributed by atoms with E-state index in [2.05, 4.69) is 15.4 Å². The number of carbonyl (C=O) groups excluding carboxylic acids is 2. The molecule has 0 aliphatic rings. The van der Waals surface area contributed by atoms with Gasteiger partial charge in [-0.15, -0.1) is 0 Å². The number of fused-ring (bicyclic) bond motifs is 1. The van der Waals surface area contributed by atoms with E-state index in [9.17, 15) is 14.4 Å². The maximum Gasteiger partial charge on any atom is 0.325 e. The highest BCUT2D eigenvalue weighted by molar-refractivity contribution is 5.82. The van der Waals surface area contributed by atoms with Gasteiger partial charge in [0.1, 0.15) is 24.8 Å². The Kier molecular flexibility index (Phi) is 5.53. The molecule has 9 heteroatoms. The molecule has 1 aromatic carbocycles. The molecular formula is C19H21N5O4. The number of benzene rings is 1. The summed E-state index contributed by atoms with van der Waals surface area (Å²) < 4.78 is 7.53. The molecule has 0 aliphatic heterocycles. The molecule has 0 bridgehead atoms. The van der Waals surface area contributed by atoms with Crippen LogP contribution < -0.4 is 10.9 Å². The number of ether oxygens (including phenoxy) is 1. The Morgan fingerprint density at radius 2 is 2.04 bits per heavy atom. The molecule has 1 N–H and O–H groups in total. The Bertz CT molecular complexity index is 1100. The number of rotatable bonds is 6. The molecule has 0 saturated carbocycles. The van der Waals surface area contributed by atoms with Gasteiger partial charge in [0.05, 0.1) is 18.5 Å². The molecule has 28 heavy (non-hydrogen) atoms. The predicted octanol–water partition coefficient (Wildman–Crippen LogP) is 0.878. The van der Waals surface area contributed by atoms with E-state index in [1.807, 2.05) is 32.0 Å². The lowest BCUT2D eigenvalue weighted by Crippen LogP contribution is -2.35. The van der Waals surface area contributed by atoms with Crippen LogP contribution in [-0.2, 0) is 20.9 Å². The van der Waals surface area contributed by atoms with Crippen LogP contribution in [0.3, 0.4) is 0 Å². The van der Waals surface area contributed by atoms with E-state index in [1.165, 1.54) is 17.1 Å². The lowest BCUT2D eigenvalue weighted by molar-refractivity contribution is -0.143. The Morgan fingerprint density at radius 1 is 1.25 bits per heavy atom. The minimum Gasteiger partial charge on any atom is -0.465 e. The van der Waals surface area contributed by atoms with Gasteiger partial charge in [-0.1, -0.05) is 17.7 Å². The number of carbonyl (C=O) groups is 2. The molecule has 1 amide bonds. The smallest absolute Gasteiger partial charge is 0.325 e. The minimum absolute atomic E-state index is 0.235. The molecule has 0 atom stereocenters. The summed E-state index contributed by atoms with van der Waals surface area (Å²) in [6, 6.07) is 5.91. The van der Waals surface area contributed by atoms with E-state index in [4.69, 9.17) is 4.74 Å². The zero-order valence-electron chi connectivity index (χ0n) is 15.9.